The number of hydrogen-bond donors (Lipinski definition) is 3. The van der Waals surface area contributed by atoms with Crippen molar-refractivity contribution in [2.24, 2.45) is 0 Å². The summed E-state index contributed by atoms with van der Waals surface area (Å²) in [6.45, 7) is 3.30. The van der Waals surface area contributed by atoms with Crippen molar-refractivity contribution in [3.05, 3.63) is 70.5 Å². The molecule has 0 aliphatic carbocycles. The lowest BCUT2D eigenvalue weighted by molar-refractivity contribution is -0.114. The molecule has 2 aromatic carbocycles. The first-order valence-corrected chi connectivity index (χ1v) is 9.87. The average molecular weight is 408 g/mol. The van der Waals surface area contributed by atoms with E-state index in [-0.39, 0.29) is 23.1 Å². The molecule has 0 aliphatic heterocycles. The van der Waals surface area contributed by atoms with Gasteiger partial charge in [0.15, 0.2) is 5.16 Å². The molecule has 1 aromatic heterocycles. The number of rotatable bonds is 6. The van der Waals surface area contributed by atoms with E-state index in [1.807, 2.05) is 43.3 Å². The van der Waals surface area contributed by atoms with Crippen LogP contribution in [0.15, 0.2) is 64.5 Å². The number of thioether (sulfide) groups is 1. The van der Waals surface area contributed by atoms with Crippen LogP contribution in [0.3, 0.4) is 0 Å². The fourth-order valence-corrected chi connectivity index (χ4v) is 3.29. The molecule has 0 bridgehead atoms. The van der Waals surface area contributed by atoms with Gasteiger partial charge in [-0.25, -0.2) is 4.98 Å². The molecule has 29 heavy (non-hydrogen) atoms. The summed E-state index contributed by atoms with van der Waals surface area (Å²) in [5.41, 5.74) is 3.21. The standard InChI is InChI=1S/C21H20N4O3S/c1-13-8-9-16(10-17(13)22-14(2)26)23-20(28)12-29-21-24-18(11-19(27)25-21)15-6-4-3-5-7-15/h3-11H,12H2,1-2H3,(H,22,26)(H,23,28)(H,24,25,27). The Morgan fingerprint density at radius 1 is 1.07 bits per heavy atom. The number of aromatic amines is 1. The summed E-state index contributed by atoms with van der Waals surface area (Å²) < 4.78 is 0. The van der Waals surface area contributed by atoms with Crippen LogP contribution in [0.25, 0.3) is 11.3 Å². The number of nitrogens with one attached hydrogen (secondary N) is 3. The number of carbonyl (C=O) groups is 2. The molecule has 3 aromatic rings. The van der Waals surface area contributed by atoms with Crippen molar-refractivity contribution < 1.29 is 9.59 Å². The summed E-state index contributed by atoms with van der Waals surface area (Å²) in [6, 6.07) is 16.1. The van der Waals surface area contributed by atoms with Crippen molar-refractivity contribution in [2.75, 3.05) is 16.4 Å². The van der Waals surface area contributed by atoms with Crippen LogP contribution >= 0.6 is 11.8 Å². The van der Waals surface area contributed by atoms with E-state index < -0.39 is 0 Å². The molecule has 1 heterocycles. The maximum atomic E-state index is 12.3. The van der Waals surface area contributed by atoms with Gasteiger partial charge in [0.05, 0.1) is 11.4 Å². The van der Waals surface area contributed by atoms with E-state index in [4.69, 9.17) is 0 Å². The van der Waals surface area contributed by atoms with Gasteiger partial charge in [-0.3, -0.25) is 14.4 Å². The SMILES string of the molecule is CC(=O)Nc1cc(NC(=O)CSc2nc(-c3ccccc3)cc(=O)[nH]2)ccc1C. The first-order valence-electron chi connectivity index (χ1n) is 8.88. The van der Waals surface area contributed by atoms with Gasteiger partial charge in [-0.15, -0.1) is 0 Å². The summed E-state index contributed by atoms with van der Waals surface area (Å²) in [6.07, 6.45) is 0. The van der Waals surface area contributed by atoms with Crippen LogP contribution in [0.1, 0.15) is 12.5 Å². The number of aromatic nitrogens is 2. The monoisotopic (exact) mass is 408 g/mol. The third kappa shape index (κ3) is 5.79. The number of H-pyrrole nitrogens is 1. The molecule has 3 rings (SSSR count). The van der Waals surface area contributed by atoms with Gasteiger partial charge in [-0.05, 0) is 24.6 Å². The molecule has 8 heteroatoms. The van der Waals surface area contributed by atoms with Gasteiger partial charge < -0.3 is 15.6 Å². The molecule has 0 atom stereocenters. The Labute approximate surface area is 172 Å². The second-order valence-electron chi connectivity index (χ2n) is 6.35. The highest BCUT2D eigenvalue weighted by atomic mass is 32.2. The summed E-state index contributed by atoms with van der Waals surface area (Å²) in [5.74, 6) is -0.356. The predicted octanol–water partition coefficient (Wildman–Crippen LogP) is 3.43. The van der Waals surface area contributed by atoms with E-state index >= 15 is 0 Å². The lowest BCUT2D eigenvalue weighted by atomic mass is 10.1. The maximum Gasteiger partial charge on any atom is 0.252 e. The van der Waals surface area contributed by atoms with Crippen LogP contribution in [0.2, 0.25) is 0 Å². The van der Waals surface area contributed by atoms with Gasteiger partial charge in [0, 0.05) is 29.9 Å². The zero-order valence-electron chi connectivity index (χ0n) is 16.0. The average Bonchev–Trinajstić information content (AvgIpc) is 2.69. The molecule has 0 spiro atoms. The van der Waals surface area contributed by atoms with E-state index in [0.717, 1.165) is 22.9 Å². The Hall–Kier alpha value is -3.39. The minimum Gasteiger partial charge on any atom is -0.326 e. The van der Waals surface area contributed by atoms with E-state index in [1.165, 1.54) is 13.0 Å². The predicted molar refractivity (Wildman–Crippen MR) is 115 cm³/mol. The fourth-order valence-electron chi connectivity index (χ4n) is 2.62. The van der Waals surface area contributed by atoms with E-state index in [1.54, 1.807) is 12.1 Å². The minimum absolute atomic E-state index is 0.0739. The van der Waals surface area contributed by atoms with Crippen molar-refractivity contribution in [3.8, 4) is 11.3 Å². The van der Waals surface area contributed by atoms with Gasteiger partial charge in [0.2, 0.25) is 11.8 Å². The number of anilines is 2. The van der Waals surface area contributed by atoms with E-state index in [0.29, 0.717) is 22.2 Å². The molecule has 7 nitrogen and oxygen atoms in total. The fraction of sp³-hybridized carbons (Fsp3) is 0.143. The molecule has 0 fully saturated rings. The Kier molecular flexibility index (Phi) is 6.46. The lowest BCUT2D eigenvalue weighted by Crippen LogP contribution is -2.16. The number of amides is 2. The van der Waals surface area contributed by atoms with Crippen LogP contribution < -0.4 is 16.2 Å². The van der Waals surface area contributed by atoms with Crippen molar-refractivity contribution in [1.29, 1.82) is 0 Å². The first kappa shape index (κ1) is 20.3. The second-order valence-corrected chi connectivity index (χ2v) is 7.31. The van der Waals surface area contributed by atoms with Gasteiger partial charge in [0.1, 0.15) is 0 Å². The molecule has 0 unspecified atom stereocenters. The van der Waals surface area contributed by atoms with Gasteiger partial charge in [0.25, 0.3) is 5.56 Å². The van der Waals surface area contributed by atoms with Crippen molar-refractivity contribution in [1.82, 2.24) is 9.97 Å². The van der Waals surface area contributed by atoms with Gasteiger partial charge >= 0.3 is 0 Å². The summed E-state index contributed by atoms with van der Waals surface area (Å²) in [4.78, 5) is 42.6. The van der Waals surface area contributed by atoms with Gasteiger partial charge in [-0.2, -0.15) is 0 Å². The van der Waals surface area contributed by atoms with E-state index in [9.17, 15) is 14.4 Å². The van der Waals surface area contributed by atoms with Crippen LogP contribution in [-0.2, 0) is 9.59 Å². The minimum atomic E-state index is -0.278. The number of hydrogen-bond acceptors (Lipinski definition) is 5. The summed E-state index contributed by atoms with van der Waals surface area (Å²) in [7, 11) is 0. The normalized spacial score (nSPS) is 10.4. The molecule has 0 saturated carbocycles. The quantitative estimate of drug-likeness (QED) is 0.428. The van der Waals surface area contributed by atoms with Crippen LogP contribution in [0.4, 0.5) is 11.4 Å². The number of nitrogens with zero attached hydrogens (tertiary/aromatic N) is 1. The van der Waals surface area contributed by atoms with Crippen LogP contribution in [-0.4, -0.2) is 27.5 Å². The molecule has 0 saturated heterocycles. The summed E-state index contributed by atoms with van der Waals surface area (Å²) in [5, 5.41) is 5.88. The van der Waals surface area contributed by atoms with Crippen LogP contribution in [0.5, 0.6) is 0 Å². The zero-order chi connectivity index (χ0) is 20.8. The Morgan fingerprint density at radius 2 is 1.83 bits per heavy atom. The first-order chi connectivity index (χ1) is 13.9. The molecular weight excluding hydrogens is 388 g/mol. The molecule has 0 radical (unpaired) electrons. The smallest absolute Gasteiger partial charge is 0.252 e. The summed E-state index contributed by atoms with van der Waals surface area (Å²) >= 11 is 1.14. The highest BCUT2D eigenvalue weighted by Crippen LogP contribution is 2.22. The molecule has 148 valence electrons. The zero-order valence-corrected chi connectivity index (χ0v) is 16.8. The largest absolute Gasteiger partial charge is 0.326 e. The van der Waals surface area contributed by atoms with E-state index in [2.05, 4.69) is 20.6 Å². The molecular formula is C21H20N4O3S. The number of carbonyl (C=O) groups excluding carboxylic acids is 2. The second kappa shape index (κ2) is 9.20. The van der Waals surface area contributed by atoms with Crippen molar-refractivity contribution >= 4 is 35.0 Å². The van der Waals surface area contributed by atoms with Crippen LogP contribution in [0, 0.1) is 6.92 Å². The van der Waals surface area contributed by atoms with Crippen molar-refractivity contribution in [3.63, 3.8) is 0 Å². The Bertz CT molecular complexity index is 1100. The maximum absolute atomic E-state index is 12.3. The molecule has 0 aliphatic rings. The third-order valence-corrected chi connectivity index (χ3v) is 4.83. The lowest BCUT2D eigenvalue weighted by Gasteiger charge is -2.10. The van der Waals surface area contributed by atoms with Gasteiger partial charge in [-0.1, -0.05) is 48.2 Å². The molecule has 2 amide bonds. The highest BCUT2D eigenvalue weighted by Gasteiger charge is 2.09. The Morgan fingerprint density at radius 3 is 2.55 bits per heavy atom. The number of benzene rings is 2. The van der Waals surface area contributed by atoms with Crippen molar-refractivity contribution in [2.45, 2.75) is 19.0 Å². The Balaban J connectivity index is 1.66. The number of aryl methyl sites for hydroxylation is 1. The highest BCUT2D eigenvalue weighted by molar-refractivity contribution is 7.99. The topological polar surface area (TPSA) is 104 Å². The molecule has 3 N–H and O–H groups in total. The third-order valence-electron chi connectivity index (χ3n) is 3.96.